The number of likely N-dealkylation sites (N-methyl/N-ethyl adjacent to an activating group) is 1. The number of esters is 1. The molecule has 3 heteroatoms. The van der Waals surface area contributed by atoms with Gasteiger partial charge >= 0.3 is 5.97 Å². The zero-order valence-corrected chi connectivity index (χ0v) is 12.4. The van der Waals surface area contributed by atoms with Gasteiger partial charge in [-0.15, -0.1) is 0 Å². The topological polar surface area (TPSA) is 29.5 Å². The number of rotatable bonds is 1. The monoisotopic (exact) mass is 263 g/mol. The zero-order valence-electron chi connectivity index (χ0n) is 12.4. The second-order valence-corrected chi connectivity index (χ2v) is 7.88. The molecule has 2 bridgehead atoms. The molecule has 0 N–H and O–H groups in total. The van der Waals surface area contributed by atoms with Crippen LogP contribution in [0.1, 0.15) is 33.6 Å². The molecular weight excluding hydrogens is 238 g/mol. The molecule has 106 valence electrons. The van der Waals surface area contributed by atoms with Gasteiger partial charge in [0, 0.05) is 12.5 Å². The van der Waals surface area contributed by atoms with Gasteiger partial charge in [0.1, 0.15) is 6.10 Å². The van der Waals surface area contributed by atoms with Crippen molar-refractivity contribution in [3.8, 4) is 0 Å². The number of hydrogen-bond donors (Lipinski definition) is 0. The van der Waals surface area contributed by atoms with Gasteiger partial charge in [0.05, 0.1) is 12.0 Å². The highest BCUT2D eigenvalue weighted by molar-refractivity contribution is 5.77. The van der Waals surface area contributed by atoms with Gasteiger partial charge in [-0.25, -0.2) is 0 Å². The quantitative estimate of drug-likeness (QED) is 0.679. The van der Waals surface area contributed by atoms with Crippen molar-refractivity contribution in [1.29, 1.82) is 0 Å². The third-order valence-electron chi connectivity index (χ3n) is 6.96. The standard InChI is InChI=1S/C16H25NO2/c1-8(2)11-12-10-6-5-9-7-17(4)14(16(9,10)3)13(11)19-15(12)18/h8-14H,5-7H2,1-4H3/t9-,10+,11+,12?,13?,14-,16+/m1/s1. The smallest absolute Gasteiger partial charge is 0.310 e. The molecular formula is C16H25NO2. The first-order valence-electron chi connectivity index (χ1n) is 7.87. The van der Waals surface area contributed by atoms with E-state index in [1.807, 2.05) is 0 Å². The molecule has 2 heterocycles. The molecule has 3 nitrogen and oxygen atoms in total. The Labute approximate surface area is 115 Å². The largest absolute Gasteiger partial charge is 0.460 e. The number of hydrogen-bond acceptors (Lipinski definition) is 3. The van der Waals surface area contributed by atoms with Crippen LogP contribution in [0.5, 0.6) is 0 Å². The van der Waals surface area contributed by atoms with E-state index in [4.69, 9.17) is 4.74 Å². The Kier molecular flexibility index (Phi) is 2.27. The van der Waals surface area contributed by atoms with E-state index < -0.39 is 0 Å². The van der Waals surface area contributed by atoms with Crippen molar-refractivity contribution in [1.82, 2.24) is 4.90 Å². The number of nitrogens with zero attached hydrogens (tertiary/aromatic N) is 1. The Bertz CT molecular complexity index is 434. The highest BCUT2D eigenvalue weighted by Crippen LogP contribution is 2.66. The molecule has 0 amide bonds. The van der Waals surface area contributed by atoms with Crippen molar-refractivity contribution in [3.05, 3.63) is 0 Å². The Morgan fingerprint density at radius 2 is 2.11 bits per heavy atom. The summed E-state index contributed by atoms with van der Waals surface area (Å²) in [4.78, 5) is 14.9. The molecule has 4 fully saturated rings. The summed E-state index contributed by atoms with van der Waals surface area (Å²) in [5.41, 5.74) is 0.321. The van der Waals surface area contributed by atoms with Crippen molar-refractivity contribution in [2.75, 3.05) is 13.6 Å². The summed E-state index contributed by atoms with van der Waals surface area (Å²) in [6.07, 6.45) is 2.69. The summed E-state index contributed by atoms with van der Waals surface area (Å²) in [5.74, 6) is 2.61. The summed E-state index contributed by atoms with van der Waals surface area (Å²) >= 11 is 0. The summed E-state index contributed by atoms with van der Waals surface area (Å²) < 4.78 is 5.88. The molecule has 19 heavy (non-hydrogen) atoms. The van der Waals surface area contributed by atoms with E-state index in [9.17, 15) is 4.79 Å². The fourth-order valence-electron chi connectivity index (χ4n) is 6.32. The second-order valence-electron chi connectivity index (χ2n) is 7.88. The SMILES string of the molecule is CC(C)[C@H]1C2C(=O)OC1[C@H]1N(C)C[C@H]3CC[C@@H]2[C@]31C. The van der Waals surface area contributed by atoms with E-state index in [0.717, 1.165) is 5.92 Å². The minimum absolute atomic E-state index is 0.110. The molecule has 0 aromatic carbocycles. The minimum Gasteiger partial charge on any atom is -0.460 e. The lowest BCUT2D eigenvalue weighted by molar-refractivity contribution is -0.145. The van der Waals surface area contributed by atoms with Gasteiger partial charge in [0.15, 0.2) is 0 Å². The number of likely N-dealkylation sites (tertiary alicyclic amines) is 1. The summed E-state index contributed by atoms with van der Waals surface area (Å²) in [6.45, 7) is 8.17. The van der Waals surface area contributed by atoms with Crippen LogP contribution in [0.15, 0.2) is 0 Å². The van der Waals surface area contributed by atoms with Gasteiger partial charge in [-0.1, -0.05) is 20.8 Å². The lowest BCUT2D eigenvalue weighted by atomic mass is 9.55. The molecule has 7 atom stereocenters. The minimum atomic E-state index is 0.110. The van der Waals surface area contributed by atoms with Gasteiger partial charge in [-0.3, -0.25) is 9.69 Å². The lowest BCUT2D eigenvalue weighted by Crippen LogP contribution is -2.57. The number of ether oxygens (including phenoxy) is 1. The maximum atomic E-state index is 12.4. The Morgan fingerprint density at radius 1 is 1.37 bits per heavy atom. The van der Waals surface area contributed by atoms with Crippen molar-refractivity contribution < 1.29 is 9.53 Å². The van der Waals surface area contributed by atoms with Crippen LogP contribution in [-0.4, -0.2) is 36.6 Å². The molecule has 4 rings (SSSR count). The number of carbonyl (C=O) groups excluding carboxylic acids is 1. The van der Waals surface area contributed by atoms with Gasteiger partial charge in [-0.2, -0.15) is 0 Å². The van der Waals surface area contributed by atoms with Gasteiger partial charge < -0.3 is 4.74 Å². The van der Waals surface area contributed by atoms with Gasteiger partial charge in [-0.05, 0) is 43.1 Å². The van der Waals surface area contributed by atoms with Crippen LogP contribution in [0.2, 0.25) is 0 Å². The predicted molar refractivity (Wildman–Crippen MR) is 72.4 cm³/mol. The lowest BCUT2D eigenvalue weighted by Gasteiger charge is -2.49. The first kappa shape index (κ1) is 12.2. The van der Waals surface area contributed by atoms with Crippen molar-refractivity contribution >= 4 is 5.97 Å². The van der Waals surface area contributed by atoms with E-state index in [1.54, 1.807) is 0 Å². The summed E-state index contributed by atoms with van der Waals surface area (Å²) in [7, 11) is 2.23. The average molecular weight is 263 g/mol. The molecule has 0 aromatic rings. The van der Waals surface area contributed by atoms with Crippen molar-refractivity contribution in [3.63, 3.8) is 0 Å². The highest BCUT2D eigenvalue weighted by atomic mass is 16.6. The molecule has 2 unspecified atom stereocenters. The molecule has 2 aliphatic heterocycles. The molecule has 2 saturated heterocycles. The number of fused-ring (bicyclic) bond motifs is 4. The Balaban J connectivity index is 1.85. The van der Waals surface area contributed by atoms with Gasteiger partial charge in [0.2, 0.25) is 0 Å². The molecule has 2 saturated carbocycles. The van der Waals surface area contributed by atoms with Crippen LogP contribution in [0.4, 0.5) is 0 Å². The van der Waals surface area contributed by atoms with E-state index in [-0.39, 0.29) is 18.0 Å². The maximum Gasteiger partial charge on any atom is 0.310 e. The van der Waals surface area contributed by atoms with Crippen LogP contribution in [0.25, 0.3) is 0 Å². The van der Waals surface area contributed by atoms with E-state index >= 15 is 0 Å². The first-order valence-corrected chi connectivity index (χ1v) is 7.87. The summed E-state index contributed by atoms with van der Waals surface area (Å²) in [5, 5.41) is 0. The predicted octanol–water partition coefficient (Wildman–Crippen LogP) is 2.16. The Hall–Kier alpha value is -0.570. The molecule has 2 aliphatic carbocycles. The molecule has 4 aliphatic rings. The average Bonchev–Trinajstić information content (AvgIpc) is 2.86. The van der Waals surface area contributed by atoms with Crippen LogP contribution in [0.3, 0.4) is 0 Å². The van der Waals surface area contributed by atoms with Crippen LogP contribution in [-0.2, 0) is 9.53 Å². The first-order chi connectivity index (χ1) is 8.96. The van der Waals surface area contributed by atoms with Crippen molar-refractivity contribution in [2.45, 2.75) is 45.8 Å². The second kappa shape index (κ2) is 3.55. The van der Waals surface area contributed by atoms with E-state index in [0.29, 0.717) is 29.2 Å². The van der Waals surface area contributed by atoms with E-state index in [1.165, 1.54) is 19.4 Å². The third kappa shape index (κ3) is 1.22. The molecule has 0 spiro atoms. The third-order valence-corrected chi connectivity index (χ3v) is 6.96. The van der Waals surface area contributed by atoms with Crippen LogP contribution >= 0.6 is 0 Å². The van der Waals surface area contributed by atoms with Gasteiger partial charge in [0.25, 0.3) is 0 Å². The van der Waals surface area contributed by atoms with Crippen LogP contribution < -0.4 is 0 Å². The van der Waals surface area contributed by atoms with Crippen molar-refractivity contribution in [2.24, 2.45) is 35.0 Å². The molecule has 0 aromatic heterocycles. The highest BCUT2D eigenvalue weighted by Gasteiger charge is 2.71. The molecule has 0 radical (unpaired) electrons. The Morgan fingerprint density at radius 3 is 2.79 bits per heavy atom. The van der Waals surface area contributed by atoms with E-state index in [2.05, 4.69) is 32.7 Å². The normalized spacial score (nSPS) is 55.7. The fraction of sp³-hybridized carbons (Fsp3) is 0.938. The summed E-state index contributed by atoms with van der Waals surface area (Å²) in [6, 6.07) is 0.458. The maximum absolute atomic E-state index is 12.4. The zero-order chi connectivity index (χ0) is 13.5. The number of carbonyl (C=O) groups is 1. The van der Waals surface area contributed by atoms with Crippen LogP contribution in [0, 0.1) is 35.0 Å². The fourth-order valence-corrected chi connectivity index (χ4v) is 6.32.